The molecule has 9 N–H and O–H groups in total. The number of aliphatic hydroxyl groups excluding tert-OH is 3. The number of hydroxylamine groups is 2. The van der Waals surface area contributed by atoms with Gasteiger partial charge in [0, 0.05) is 118 Å². The van der Waals surface area contributed by atoms with Crippen LogP contribution in [0.5, 0.6) is 11.5 Å². The van der Waals surface area contributed by atoms with Gasteiger partial charge < -0.3 is 104 Å². The molecule has 10 amide bonds. The molecule has 10 rings (SSSR count). The van der Waals surface area contributed by atoms with Crippen molar-refractivity contribution in [2.24, 2.45) is 17.6 Å². The first-order chi connectivity index (χ1) is 57.2. The normalized spacial score (nSPS) is 19.3. The van der Waals surface area contributed by atoms with Gasteiger partial charge >= 0.3 is 24.2 Å². The second-order valence-electron chi connectivity index (χ2n) is 28.9. The van der Waals surface area contributed by atoms with Crippen molar-refractivity contribution in [1.82, 2.24) is 25.5 Å². The minimum absolute atomic E-state index is 0.00327. The number of carboxylic acids is 1. The Hall–Kier alpha value is -9.38. The van der Waals surface area contributed by atoms with Crippen molar-refractivity contribution in [2.75, 3.05) is 153 Å². The van der Waals surface area contributed by atoms with Gasteiger partial charge in [-0.3, -0.25) is 38.4 Å². The van der Waals surface area contributed by atoms with E-state index in [1.54, 1.807) is 99.0 Å². The largest absolute Gasteiger partial charge is 0.479 e. The number of carboxylic acid groups (broad SMARTS) is 1. The topological polar surface area (TPSA) is 439 Å². The summed E-state index contributed by atoms with van der Waals surface area (Å²) in [7, 11) is 2.99. The van der Waals surface area contributed by atoms with Gasteiger partial charge in [-0.15, -0.1) is 34.5 Å². The molecule has 0 radical (unpaired) electrons. The number of amides is 10. The van der Waals surface area contributed by atoms with E-state index in [1.165, 1.54) is 51.5 Å². The molecule has 0 aliphatic carbocycles. The van der Waals surface area contributed by atoms with Gasteiger partial charge in [0.25, 0.3) is 23.6 Å². The number of halogens is 2. The number of rotatable bonds is 44. The van der Waals surface area contributed by atoms with Crippen LogP contribution in [-0.2, 0) is 73.4 Å². The Bertz CT molecular complexity index is 4590. The molecule has 3 unspecified atom stereocenters. The summed E-state index contributed by atoms with van der Waals surface area (Å²) in [5, 5.41) is 52.5. The molecule has 0 bridgehead atoms. The number of aliphatic carboxylic acids is 1. The van der Waals surface area contributed by atoms with Crippen molar-refractivity contribution in [3.63, 3.8) is 0 Å². The second kappa shape index (κ2) is 44.2. The quantitative estimate of drug-likeness (QED) is 0.0108. The fourth-order valence-electron chi connectivity index (χ4n) is 13.9. The molecule has 5 aromatic carbocycles. The number of thiophene rings is 1. The minimum Gasteiger partial charge on any atom is -0.479 e. The fraction of sp³-hybridized carbons (Fsp3) is 0.494. The summed E-state index contributed by atoms with van der Waals surface area (Å²) in [6.07, 6.45) is -8.85. The van der Waals surface area contributed by atoms with Crippen molar-refractivity contribution in [3.05, 3.63) is 124 Å². The van der Waals surface area contributed by atoms with Crippen molar-refractivity contribution in [1.29, 1.82) is 0 Å². The van der Waals surface area contributed by atoms with Crippen molar-refractivity contribution in [2.45, 2.75) is 106 Å². The Balaban J connectivity index is 0.658. The Morgan fingerprint density at radius 3 is 1.71 bits per heavy atom. The summed E-state index contributed by atoms with van der Waals surface area (Å²) in [6, 6.07) is 25.3. The highest BCUT2D eigenvalue weighted by atomic mass is 35.5. The van der Waals surface area contributed by atoms with Crippen LogP contribution in [0.2, 0.25) is 0 Å². The lowest BCUT2D eigenvalue weighted by molar-refractivity contribution is -0.270. The van der Waals surface area contributed by atoms with Crippen LogP contribution in [0.4, 0.5) is 31.4 Å². The van der Waals surface area contributed by atoms with Crippen LogP contribution < -0.4 is 41.0 Å². The number of imide groups is 1. The van der Waals surface area contributed by atoms with E-state index in [0.717, 1.165) is 22.0 Å². The van der Waals surface area contributed by atoms with Gasteiger partial charge in [0.15, 0.2) is 11.9 Å². The highest BCUT2D eigenvalue weighted by molar-refractivity contribution is 8.00. The average molecular weight is 1730 g/mol. The molecule has 4 aliphatic rings. The van der Waals surface area contributed by atoms with Gasteiger partial charge in [-0.1, -0.05) is 74.5 Å². The maximum Gasteiger partial charge on any atom is 0.415 e. The number of nitrogens with one attached hydrogen (secondary N) is 3. The number of hydrogen-bond donors (Lipinski definition) is 8. The van der Waals surface area contributed by atoms with Crippen LogP contribution in [-0.4, -0.2) is 280 Å². The minimum atomic E-state index is -1.96. The lowest BCUT2D eigenvalue weighted by Crippen LogP contribution is -2.61. The lowest BCUT2D eigenvalue weighted by atomic mass is 9.89. The molecule has 4 aliphatic heterocycles. The molecular weight excluding hydrogens is 1630 g/mol. The summed E-state index contributed by atoms with van der Waals surface area (Å²) < 4.78 is 50.8. The maximum absolute atomic E-state index is 14.9. The molecule has 34 nitrogen and oxygen atoms in total. The Kier molecular flexibility index (Phi) is 34.2. The summed E-state index contributed by atoms with van der Waals surface area (Å²) >= 11 is 15.5. The number of hydrogen-bond acceptors (Lipinski definition) is 26. The second-order valence-corrected chi connectivity index (χ2v) is 31.6. The van der Waals surface area contributed by atoms with Crippen LogP contribution in [0.25, 0.3) is 21.5 Å². The highest BCUT2D eigenvalue weighted by Crippen LogP contribution is 2.49. The fourth-order valence-corrected chi connectivity index (χ4v) is 16.0. The number of carbonyl (C=O) groups excluding carboxylic acids is 10. The first kappa shape index (κ1) is 91.9. The van der Waals surface area contributed by atoms with Crippen molar-refractivity contribution >= 4 is 150 Å². The maximum atomic E-state index is 14.9. The molecule has 644 valence electrons. The van der Waals surface area contributed by atoms with Crippen LogP contribution in [0.15, 0.2) is 97.1 Å². The van der Waals surface area contributed by atoms with Crippen molar-refractivity contribution < 1.29 is 121 Å². The molecule has 10 atom stereocenters. The molecule has 6 aromatic rings. The number of Topliss-reactive ketones (excluding diaryl/α,β-unsaturated/α-hetero) is 1. The smallest absolute Gasteiger partial charge is 0.415 e. The number of anilines is 3. The number of aliphatic hydroxyl groups is 3. The number of primary amides is 1. The number of benzene rings is 5. The summed E-state index contributed by atoms with van der Waals surface area (Å²) in [4.78, 5) is 157. The molecule has 0 saturated carbocycles. The van der Waals surface area contributed by atoms with E-state index in [1.807, 2.05) is 12.1 Å². The summed E-state index contributed by atoms with van der Waals surface area (Å²) in [5.41, 5.74) is 8.50. The Morgan fingerprint density at radius 1 is 0.672 bits per heavy atom. The number of ether oxygens (including phenoxy) is 9. The third kappa shape index (κ3) is 23.8. The molecule has 1 aromatic heterocycles. The van der Waals surface area contributed by atoms with Crippen molar-refractivity contribution in [3.8, 4) is 11.5 Å². The predicted molar refractivity (Wildman–Crippen MR) is 439 cm³/mol. The molecule has 5 heterocycles. The number of likely N-dealkylation sites (N-methyl/N-ethyl adjacent to an activating group) is 2. The number of fused-ring (bicyclic) bond motifs is 6. The zero-order chi connectivity index (χ0) is 85.6. The van der Waals surface area contributed by atoms with E-state index >= 15 is 0 Å². The van der Waals surface area contributed by atoms with Crippen LogP contribution in [0, 0.1) is 11.8 Å². The van der Waals surface area contributed by atoms with E-state index in [9.17, 15) is 73.2 Å². The number of nitrogens with zero attached hydrogens (tertiary/aromatic N) is 5. The summed E-state index contributed by atoms with van der Waals surface area (Å²) in [5.74, 6) is -6.06. The summed E-state index contributed by atoms with van der Waals surface area (Å²) in [6.45, 7) is 6.43. The third-order valence-electron chi connectivity index (χ3n) is 20.3. The Morgan fingerprint density at radius 2 is 1.19 bits per heavy atom. The van der Waals surface area contributed by atoms with E-state index in [0.29, 0.717) is 89.2 Å². The number of thioether (sulfide) groups is 1. The number of urea groups is 1. The van der Waals surface area contributed by atoms with Gasteiger partial charge in [0.05, 0.1) is 112 Å². The van der Waals surface area contributed by atoms with Gasteiger partial charge in [-0.2, -0.15) is 16.8 Å². The highest BCUT2D eigenvalue weighted by Gasteiger charge is 2.49. The van der Waals surface area contributed by atoms with Crippen LogP contribution in [0.1, 0.15) is 93.8 Å². The molecule has 2 saturated heterocycles. The number of alkyl halides is 2. The van der Waals surface area contributed by atoms with E-state index < -0.39 is 95.7 Å². The monoisotopic (exact) mass is 1730 g/mol. The van der Waals surface area contributed by atoms with Gasteiger partial charge in [-0.05, 0) is 76.7 Å². The zero-order valence-corrected chi connectivity index (χ0v) is 69.5. The third-order valence-corrected chi connectivity index (χ3v) is 23.1. The molecule has 119 heavy (non-hydrogen) atoms. The first-order valence-corrected chi connectivity index (χ1v) is 41.9. The number of nitrogens with two attached hydrogens (primary N) is 1. The lowest BCUT2D eigenvalue weighted by Gasteiger charge is -2.38. The standard InChI is InChI=1S/C81H99Cl2N9O25S2/c1-46(2)68(87-64(94)22-26-108-27-28-109-29-30-110-31-32-111-33-34-112-35-36-114-92-65(95)40-63(118-5)76(92)102)58(93)37-48(11-10-23-85-79(84)105)73(99)86-51-18-16-47(17-19-51)45-113-80(106)88(3)24-25-89(4)81(107)116-60-39-57-67(55-15-9-7-13-53(55)60)50(42-83)44-91(57)75(101)62-21-20-61(119-62)74(100)90-43-49(41-82)66-54-14-8-6-12-52(54)59(38-56(66)90)115-78-71(98)69(96)70(97)72(117-78)77(103)104/h6-9,12-21,38-39,46,48-50,63,68-72,78,96-98H,10-11,22-37,40-45H2,1-5H3,(H,86,99)(H,87,94)(H,103,104)(H3,84,85,105)/t48-,49-,50-,63?,68+,69?,70+,71+,72?,78-/m1/s1. The van der Waals surface area contributed by atoms with Crippen LogP contribution >= 0.6 is 46.3 Å². The Labute approximate surface area is 704 Å². The average Bonchev–Trinajstić information content (AvgIpc) is 1.63. The molecular formula is C81H99Cl2N9O25S2. The predicted octanol–water partition coefficient (Wildman–Crippen LogP) is 6.99. The molecule has 38 heteroatoms. The van der Waals surface area contributed by atoms with Gasteiger partial charge in [0.2, 0.25) is 18.1 Å². The van der Waals surface area contributed by atoms with Gasteiger partial charge in [0.1, 0.15) is 36.4 Å². The molecule has 0 spiro atoms. The SMILES string of the molecule is CSC1CC(=O)N(OCCOCCOCCOCCOCCOCCC(=O)N[C@H](C(=O)C[C@@H](CCCNC(N)=O)C(=O)Nc2ccc(COC(=O)N(C)CCN(C)C(=O)Oc3cc4c(c5ccccc35)[C@H](CCl)CN4C(=O)c3ccc(C(=O)N4C[C@@H](CCl)c5c4cc(O[C@@H]4OC(C(=O)O)[C@@H](O)C(O)[C@@H]4O)c4ccccc54)s3)cc2)C(C)C)C1=O. The van der Waals surface area contributed by atoms with Gasteiger partial charge in [-0.25, -0.2) is 19.2 Å². The van der Waals surface area contributed by atoms with E-state index in [2.05, 4.69) is 16.0 Å². The number of ketones is 1. The van der Waals surface area contributed by atoms with E-state index in [4.69, 9.17) is 76.4 Å². The van der Waals surface area contributed by atoms with E-state index in [-0.39, 0.29) is 173 Å². The number of carbonyl (C=O) groups is 11. The zero-order valence-electron chi connectivity index (χ0n) is 66.3. The first-order valence-electron chi connectivity index (χ1n) is 38.7. The van der Waals surface area contributed by atoms with Crippen LogP contribution in [0.3, 0.4) is 0 Å². The molecule has 2 fully saturated rings.